The standard InChI is InChI=1S/C22H30N2O5/c1-4-18-19(17(26)12-29-18)24-21(28)15(11-22(3)8-5-9-22)23-20(27)14-6-7-16(25)13(2)10-14/h6-7,10,15,18-19,25H,4-5,8-9,11-12H2,1-3H3,(H,23,27)(H,24,28)/t15-,18-,19+/m0/s1. The molecule has 2 amide bonds. The average Bonchev–Trinajstić information content (AvgIpc) is 3.01. The van der Waals surface area contributed by atoms with Crippen LogP contribution in [-0.2, 0) is 14.3 Å². The van der Waals surface area contributed by atoms with Gasteiger partial charge in [-0.3, -0.25) is 14.4 Å². The number of aryl methyl sites for hydroxylation is 1. The summed E-state index contributed by atoms with van der Waals surface area (Å²) < 4.78 is 5.44. The molecule has 1 aromatic rings. The summed E-state index contributed by atoms with van der Waals surface area (Å²) >= 11 is 0. The Hall–Kier alpha value is -2.41. The van der Waals surface area contributed by atoms with E-state index in [1.807, 2.05) is 6.92 Å². The molecule has 7 nitrogen and oxygen atoms in total. The first-order chi connectivity index (χ1) is 13.7. The average molecular weight is 402 g/mol. The SMILES string of the molecule is CC[C@@H]1OCC(=O)[C@H]1NC(=O)[C@H](CC1(C)CCC1)NC(=O)c1ccc(O)c(C)c1. The van der Waals surface area contributed by atoms with Gasteiger partial charge in [-0.1, -0.05) is 20.3 Å². The Kier molecular flexibility index (Phi) is 6.27. The first kappa shape index (κ1) is 21.3. The third-order valence-corrected chi connectivity index (χ3v) is 6.20. The number of hydrogen-bond acceptors (Lipinski definition) is 5. The smallest absolute Gasteiger partial charge is 0.251 e. The molecule has 2 aliphatic rings. The predicted molar refractivity (Wildman–Crippen MR) is 108 cm³/mol. The fraction of sp³-hybridized carbons (Fsp3) is 0.591. The number of aromatic hydroxyl groups is 1. The highest BCUT2D eigenvalue weighted by molar-refractivity contribution is 5.99. The number of phenols is 1. The maximum Gasteiger partial charge on any atom is 0.251 e. The monoisotopic (exact) mass is 402 g/mol. The van der Waals surface area contributed by atoms with E-state index >= 15 is 0 Å². The van der Waals surface area contributed by atoms with Crippen molar-refractivity contribution in [2.45, 2.75) is 71.1 Å². The van der Waals surface area contributed by atoms with Gasteiger partial charge in [0.25, 0.3) is 5.91 Å². The maximum absolute atomic E-state index is 13.0. The Labute approximate surface area is 171 Å². The van der Waals surface area contributed by atoms with E-state index in [9.17, 15) is 19.5 Å². The van der Waals surface area contributed by atoms with Crippen molar-refractivity contribution < 1.29 is 24.2 Å². The summed E-state index contributed by atoms with van der Waals surface area (Å²) in [6, 6.07) is 3.17. The van der Waals surface area contributed by atoms with Crippen LogP contribution in [0.4, 0.5) is 0 Å². The molecule has 1 aromatic carbocycles. The molecule has 0 aromatic heterocycles. The topological polar surface area (TPSA) is 105 Å². The molecular weight excluding hydrogens is 372 g/mol. The van der Waals surface area contributed by atoms with Gasteiger partial charge in [-0.2, -0.15) is 0 Å². The molecule has 1 aliphatic carbocycles. The van der Waals surface area contributed by atoms with Crippen LogP contribution >= 0.6 is 0 Å². The van der Waals surface area contributed by atoms with Crippen molar-refractivity contribution in [2.75, 3.05) is 6.61 Å². The number of carbonyl (C=O) groups excluding carboxylic acids is 3. The van der Waals surface area contributed by atoms with E-state index in [1.54, 1.807) is 13.0 Å². The highest BCUT2D eigenvalue weighted by Crippen LogP contribution is 2.44. The number of ketones is 1. The van der Waals surface area contributed by atoms with Crippen molar-refractivity contribution in [2.24, 2.45) is 5.41 Å². The summed E-state index contributed by atoms with van der Waals surface area (Å²) in [7, 11) is 0. The summed E-state index contributed by atoms with van der Waals surface area (Å²) in [5.41, 5.74) is 0.966. The molecule has 1 heterocycles. The molecule has 0 spiro atoms. The first-order valence-electron chi connectivity index (χ1n) is 10.3. The van der Waals surface area contributed by atoms with Crippen LogP contribution in [0.1, 0.15) is 61.9 Å². The Bertz CT molecular complexity index is 802. The van der Waals surface area contributed by atoms with E-state index < -0.39 is 12.1 Å². The van der Waals surface area contributed by atoms with Crippen LogP contribution in [-0.4, -0.2) is 47.5 Å². The zero-order valence-electron chi connectivity index (χ0n) is 17.3. The molecule has 3 atom stereocenters. The number of carbonyl (C=O) groups is 3. The van der Waals surface area contributed by atoms with E-state index in [0.717, 1.165) is 19.3 Å². The molecule has 0 bridgehead atoms. The fourth-order valence-electron chi connectivity index (χ4n) is 4.09. The molecule has 7 heteroatoms. The molecule has 29 heavy (non-hydrogen) atoms. The number of amides is 2. The largest absolute Gasteiger partial charge is 0.508 e. The quantitative estimate of drug-likeness (QED) is 0.649. The van der Waals surface area contributed by atoms with E-state index in [1.165, 1.54) is 12.1 Å². The van der Waals surface area contributed by atoms with Crippen molar-refractivity contribution in [3.63, 3.8) is 0 Å². The van der Waals surface area contributed by atoms with Crippen LogP contribution in [0, 0.1) is 12.3 Å². The number of benzene rings is 1. The minimum absolute atomic E-state index is 0.000498. The zero-order chi connectivity index (χ0) is 21.2. The van der Waals surface area contributed by atoms with Gasteiger partial charge in [0.2, 0.25) is 5.91 Å². The van der Waals surface area contributed by atoms with E-state index in [2.05, 4.69) is 17.6 Å². The Morgan fingerprint density at radius 2 is 2.07 bits per heavy atom. The third kappa shape index (κ3) is 4.78. The van der Waals surface area contributed by atoms with Crippen LogP contribution in [0.3, 0.4) is 0 Å². The third-order valence-electron chi connectivity index (χ3n) is 6.20. The van der Waals surface area contributed by atoms with Crippen molar-refractivity contribution in [3.05, 3.63) is 29.3 Å². The van der Waals surface area contributed by atoms with E-state index in [-0.39, 0.29) is 41.5 Å². The molecule has 1 aliphatic heterocycles. The number of Topliss-reactive ketones (excluding diaryl/α,β-unsaturated/α-hetero) is 1. The van der Waals surface area contributed by atoms with Crippen LogP contribution in [0.25, 0.3) is 0 Å². The molecule has 1 saturated heterocycles. The van der Waals surface area contributed by atoms with Crippen LogP contribution in [0.15, 0.2) is 18.2 Å². The molecule has 1 saturated carbocycles. The van der Waals surface area contributed by atoms with Gasteiger partial charge in [-0.05, 0) is 61.8 Å². The van der Waals surface area contributed by atoms with Gasteiger partial charge >= 0.3 is 0 Å². The van der Waals surface area contributed by atoms with Crippen molar-refractivity contribution in [3.8, 4) is 5.75 Å². The Balaban J connectivity index is 1.74. The number of ether oxygens (including phenoxy) is 1. The Morgan fingerprint density at radius 1 is 1.34 bits per heavy atom. The van der Waals surface area contributed by atoms with Crippen LogP contribution in [0.5, 0.6) is 5.75 Å². The van der Waals surface area contributed by atoms with Crippen LogP contribution in [0.2, 0.25) is 0 Å². The zero-order valence-corrected chi connectivity index (χ0v) is 17.3. The van der Waals surface area contributed by atoms with Gasteiger partial charge in [0.05, 0.1) is 6.10 Å². The van der Waals surface area contributed by atoms with Crippen molar-refractivity contribution in [1.82, 2.24) is 10.6 Å². The number of hydrogen-bond donors (Lipinski definition) is 3. The van der Waals surface area contributed by atoms with Gasteiger partial charge in [0, 0.05) is 5.56 Å². The highest BCUT2D eigenvalue weighted by Gasteiger charge is 2.40. The molecule has 3 rings (SSSR count). The van der Waals surface area contributed by atoms with Crippen molar-refractivity contribution in [1.29, 1.82) is 0 Å². The number of nitrogens with one attached hydrogen (secondary N) is 2. The second-order valence-corrected chi connectivity index (χ2v) is 8.61. The molecule has 3 N–H and O–H groups in total. The minimum atomic E-state index is -0.743. The molecular formula is C22H30N2O5. The molecule has 0 unspecified atom stereocenters. The Morgan fingerprint density at radius 3 is 2.66 bits per heavy atom. The van der Waals surface area contributed by atoms with E-state index in [4.69, 9.17) is 4.74 Å². The maximum atomic E-state index is 13.0. The lowest BCUT2D eigenvalue weighted by molar-refractivity contribution is -0.128. The number of rotatable bonds is 7. The lowest BCUT2D eigenvalue weighted by atomic mass is 9.67. The van der Waals surface area contributed by atoms with Gasteiger partial charge in [0.15, 0.2) is 5.78 Å². The van der Waals surface area contributed by atoms with Gasteiger partial charge in [0.1, 0.15) is 24.4 Å². The minimum Gasteiger partial charge on any atom is -0.508 e. The highest BCUT2D eigenvalue weighted by atomic mass is 16.5. The molecule has 158 valence electrons. The summed E-state index contributed by atoms with van der Waals surface area (Å²) in [6.45, 7) is 5.74. The summed E-state index contributed by atoms with van der Waals surface area (Å²) in [5, 5.41) is 15.3. The lowest BCUT2D eigenvalue weighted by Gasteiger charge is -2.41. The summed E-state index contributed by atoms with van der Waals surface area (Å²) in [4.78, 5) is 37.9. The first-order valence-corrected chi connectivity index (χ1v) is 10.3. The normalized spacial score (nSPS) is 23.9. The molecule has 0 radical (unpaired) electrons. The van der Waals surface area contributed by atoms with Gasteiger partial charge in [-0.25, -0.2) is 0 Å². The fourth-order valence-corrected chi connectivity index (χ4v) is 4.09. The van der Waals surface area contributed by atoms with Crippen LogP contribution < -0.4 is 10.6 Å². The van der Waals surface area contributed by atoms with Crippen molar-refractivity contribution >= 4 is 17.6 Å². The molecule has 2 fully saturated rings. The van der Waals surface area contributed by atoms with Gasteiger partial charge in [-0.15, -0.1) is 0 Å². The summed E-state index contributed by atoms with van der Waals surface area (Å²) in [5.74, 6) is -0.760. The second kappa shape index (κ2) is 8.53. The second-order valence-electron chi connectivity index (χ2n) is 8.61. The number of phenolic OH excluding ortho intramolecular Hbond substituents is 1. The summed E-state index contributed by atoms with van der Waals surface area (Å²) in [6.07, 6.45) is 3.94. The van der Waals surface area contributed by atoms with Gasteiger partial charge < -0.3 is 20.5 Å². The lowest BCUT2D eigenvalue weighted by Crippen LogP contribution is -2.55. The van der Waals surface area contributed by atoms with E-state index in [0.29, 0.717) is 24.0 Å². The predicted octanol–water partition coefficient (Wildman–Crippen LogP) is 2.24.